The average molecular weight is 199 g/mol. The van der Waals surface area contributed by atoms with Gasteiger partial charge in [0.1, 0.15) is 0 Å². The first-order chi connectivity index (χ1) is 6.63. The van der Waals surface area contributed by atoms with E-state index in [1.165, 1.54) is 12.8 Å². The van der Waals surface area contributed by atoms with Crippen molar-refractivity contribution in [3.8, 4) is 0 Å². The van der Waals surface area contributed by atoms with Crippen LogP contribution in [-0.4, -0.2) is 31.4 Å². The number of carbonyl (C=O) groups is 1. The molecular formula is C11H23N2O. The van der Waals surface area contributed by atoms with Gasteiger partial charge in [-0.25, -0.2) is 0 Å². The normalized spacial score (nSPS) is 10.8. The summed E-state index contributed by atoms with van der Waals surface area (Å²) in [6.07, 6.45) is 8.37. The third-order valence-electron chi connectivity index (χ3n) is 2.10. The SMILES string of the molecule is CN(C)CCC[CH]CCCCC(N)=O. The monoisotopic (exact) mass is 199 g/mol. The van der Waals surface area contributed by atoms with Gasteiger partial charge in [0, 0.05) is 6.42 Å². The molecule has 0 spiro atoms. The maximum Gasteiger partial charge on any atom is 0.217 e. The van der Waals surface area contributed by atoms with Crippen LogP contribution in [0.25, 0.3) is 0 Å². The molecule has 0 rings (SSSR count). The van der Waals surface area contributed by atoms with Gasteiger partial charge in [-0.1, -0.05) is 12.8 Å². The number of unbranched alkanes of at least 4 members (excludes halogenated alkanes) is 5. The van der Waals surface area contributed by atoms with Crippen LogP contribution in [0.15, 0.2) is 0 Å². The van der Waals surface area contributed by atoms with E-state index in [1.807, 2.05) is 0 Å². The summed E-state index contributed by atoms with van der Waals surface area (Å²) in [4.78, 5) is 12.6. The standard InChI is InChI=1S/C11H23N2O/c1-13(2)10-8-6-4-3-5-7-9-11(12)14/h4H,3,5-10H2,1-2H3,(H2,12,14). The summed E-state index contributed by atoms with van der Waals surface area (Å²) in [5.41, 5.74) is 5.03. The first kappa shape index (κ1) is 13.4. The van der Waals surface area contributed by atoms with Crippen LogP contribution < -0.4 is 5.73 Å². The highest BCUT2D eigenvalue weighted by Gasteiger charge is 1.95. The Morgan fingerprint density at radius 3 is 2.43 bits per heavy atom. The fourth-order valence-corrected chi connectivity index (χ4v) is 1.28. The van der Waals surface area contributed by atoms with E-state index < -0.39 is 0 Å². The van der Waals surface area contributed by atoms with Crippen molar-refractivity contribution in [3.63, 3.8) is 0 Å². The Labute approximate surface area is 87.6 Å². The van der Waals surface area contributed by atoms with Crippen LogP contribution in [0.4, 0.5) is 0 Å². The fraction of sp³-hybridized carbons (Fsp3) is 0.818. The quantitative estimate of drug-likeness (QED) is 0.573. The summed E-state index contributed by atoms with van der Waals surface area (Å²) >= 11 is 0. The third-order valence-corrected chi connectivity index (χ3v) is 2.10. The average Bonchev–Trinajstić information content (AvgIpc) is 2.08. The summed E-state index contributed by atoms with van der Waals surface area (Å²) in [6.45, 7) is 1.15. The molecule has 14 heavy (non-hydrogen) atoms. The van der Waals surface area contributed by atoms with Crippen molar-refractivity contribution in [1.29, 1.82) is 0 Å². The molecule has 0 aliphatic carbocycles. The number of carbonyl (C=O) groups excluding carboxylic acids is 1. The second-order valence-electron chi connectivity index (χ2n) is 3.95. The maximum absolute atomic E-state index is 10.4. The number of primary amides is 1. The molecule has 0 aromatic rings. The molecule has 0 aromatic carbocycles. The Kier molecular flexibility index (Phi) is 8.64. The molecule has 0 aliphatic heterocycles. The van der Waals surface area contributed by atoms with Gasteiger partial charge >= 0.3 is 0 Å². The Balaban J connectivity index is 2.96. The molecule has 0 saturated heterocycles. The van der Waals surface area contributed by atoms with E-state index in [1.54, 1.807) is 0 Å². The van der Waals surface area contributed by atoms with E-state index in [-0.39, 0.29) is 5.91 Å². The minimum atomic E-state index is -0.183. The van der Waals surface area contributed by atoms with Gasteiger partial charge in [-0.2, -0.15) is 0 Å². The van der Waals surface area contributed by atoms with Crippen molar-refractivity contribution in [2.24, 2.45) is 5.73 Å². The Morgan fingerprint density at radius 2 is 1.86 bits per heavy atom. The molecule has 1 radical (unpaired) electrons. The maximum atomic E-state index is 10.4. The summed E-state index contributed by atoms with van der Waals surface area (Å²) in [5.74, 6) is -0.183. The van der Waals surface area contributed by atoms with Crippen molar-refractivity contribution >= 4 is 5.91 Å². The van der Waals surface area contributed by atoms with Crippen molar-refractivity contribution < 1.29 is 4.79 Å². The lowest BCUT2D eigenvalue weighted by Gasteiger charge is -2.08. The van der Waals surface area contributed by atoms with Crippen LogP contribution in [0.1, 0.15) is 38.5 Å². The highest BCUT2D eigenvalue weighted by Crippen LogP contribution is 2.05. The lowest BCUT2D eigenvalue weighted by atomic mass is 10.1. The van der Waals surface area contributed by atoms with Crippen molar-refractivity contribution in [2.45, 2.75) is 38.5 Å². The molecule has 2 N–H and O–H groups in total. The zero-order chi connectivity index (χ0) is 10.8. The second kappa shape index (κ2) is 9.00. The smallest absolute Gasteiger partial charge is 0.217 e. The van der Waals surface area contributed by atoms with E-state index in [2.05, 4.69) is 25.4 Å². The molecule has 0 heterocycles. The summed E-state index contributed by atoms with van der Waals surface area (Å²) in [6, 6.07) is 0. The zero-order valence-corrected chi connectivity index (χ0v) is 9.46. The van der Waals surface area contributed by atoms with Gasteiger partial charge in [0.05, 0.1) is 0 Å². The first-order valence-corrected chi connectivity index (χ1v) is 5.37. The molecule has 83 valence electrons. The van der Waals surface area contributed by atoms with Gasteiger partial charge in [-0.05, 0) is 46.3 Å². The Morgan fingerprint density at radius 1 is 1.21 bits per heavy atom. The van der Waals surface area contributed by atoms with Crippen molar-refractivity contribution in [3.05, 3.63) is 6.42 Å². The molecule has 0 atom stereocenters. The van der Waals surface area contributed by atoms with Gasteiger partial charge in [0.2, 0.25) is 5.91 Å². The van der Waals surface area contributed by atoms with E-state index >= 15 is 0 Å². The summed E-state index contributed by atoms with van der Waals surface area (Å²) in [7, 11) is 4.18. The van der Waals surface area contributed by atoms with Gasteiger partial charge in [0.25, 0.3) is 0 Å². The van der Waals surface area contributed by atoms with Crippen LogP contribution in [0.3, 0.4) is 0 Å². The molecule has 0 unspecified atom stereocenters. The lowest BCUT2D eigenvalue weighted by Crippen LogP contribution is -2.12. The molecule has 3 heteroatoms. The van der Waals surface area contributed by atoms with Crippen LogP contribution in [0.5, 0.6) is 0 Å². The molecule has 0 aromatic heterocycles. The highest BCUT2D eigenvalue weighted by molar-refractivity contribution is 5.73. The van der Waals surface area contributed by atoms with Crippen LogP contribution in [0, 0.1) is 6.42 Å². The summed E-state index contributed by atoms with van der Waals surface area (Å²) in [5, 5.41) is 0. The predicted molar refractivity (Wildman–Crippen MR) is 59.8 cm³/mol. The fourth-order valence-electron chi connectivity index (χ4n) is 1.28. The molecule has 0 fully saturated rings. The number of rotatable bonds is 9. The molecular weight excluding hydrogens is 176 g/mol. The van der Waals surface area contributed by atoms with Crippen LogP contribution in [-0.2, 0) is 4.79 Å². The molecule has 1 amide bonds. The minimum Gasteiger partial charge on any atom is -0.370 e. The largest absolute Gasteiger partial charge is 0.370 e. The first-order valence-electron chi connectivity index (χ1n) is 5.37. The lowest BCUT2D eigenvalue weighted by molar-refractivity contribution is -0.118. The van der Waals surface area contributed by atoms with Gasteiger partial charge in [-0.3, -0.25) is 4.79 Å². The van der Waals surface area contributed by atoms with Gasteiger partial charge in [0.15, 0.2) is 0 Å². The second-order valence-corrected chi connectivity index (χ2v) is 3.95. The molecule has 0 saturated carbocycles. The number of amides is 1. The van der Waals surface area contributed by atoms with E-state index in [4.69, 9.17) is 5.73 Å². The highest BCUT2D eigenvalue weighted by atomic mass is 16.1. The molecule has 0 aliphatic rings. The number of nitrogens with zero attached hydrogens (tertiary/aromatic N) is 1. The topological polar surface area (TPSA) is 46.3 Å². The van der Waals surface area contributed by atoms with E-state index in [0.717, 1.165) is 25.8 Å². The number of hydrogen-bond acceptors (Lipinski definition) is 2. The Hall–Kier alpha value is -0.570. The third kappa shape index (κ3) is 11.4. The van der Waals surface area contributed by atoms with Crippen LogP contribution >= 0.6 is 0 Å². The number of nitrogens with two attached hydrogens (primary N) is 1. The Bertz CT molecular complexity index is 146. The van der Waals surface area contributed by atoms with Crippen LogP contribution in [0.2, 0.25) is 0 Å². The summed E-state index contributed by atoms with van der Waals surface area (Å²) < 4.78 is 0. The van der Waals surface area contributed by atoms with Gasteiger partial charge < -0.3 is 10.6 Å². The predicted octanol–water partition coefficient (Wildman–Crippen LogP) is 1.58. The zero-order valence-electron chi connectivity index (χ0n) is 9.46. The van der Waals surface area contributed by atoms with Gasteiger partial charge in [-0.15, -0.1) is 0 Å². The number of hydrogen-bond donors (Lipinski definition) is 1. The van der Waals surface area contributed by atoms with Crippen molar-refractivity contribution in [1.82, 2.24) is 4.90 Å². The molecule has 3 nitrogen and oxygen atoms in total. The molecule has 0 bridgehead atoms. The van der Waals surface area contributed by atoms with E-state index in [0.29, 0.717) is 6.42 Å². The minimum absolute atomic E-state index is 0.183. The van der Waals surface area contributed by atoms with Crippen molar-refractivity contribution in [2.75, 3.05) is 20.6 Å². The van der Waals surface area contributed by atoms with E-state index in [9.17, 15) is 4.79 Å².